The van der Waals surface area contributed by atoms with Crippen LogP contribution >= 0.6 is 11.3 Å². The van der Waals surface area contributed by atoms with E-state index in [1.165, 1.54) is 4.88 Å². The number of carbonyl (C=O) groups is 1. The second-order valence-corrected chi connectivity index (χ2v) is 6.19. The number of aryl methyl sites for hydroxylation is 1. The van der Waals surface area contributed by atoms with Crippen molar-refractivity contribution in [2.45, 2.75) is 32.4 Å². The first-order valence-corrected chi connectivity index (χ1v) is 8.20. The summed E-state index contributed by atoms with van der Waals surface area (Å²) in [7, 11) is 1.70. The molecule has 0 aliphatic carbocycles. The number of thiazole rings is 1. The highest BCUT2D eigenvalue weighted by Crippen LogP contribution is 2.17. The molecule has 2 atom stereocenters. The number of nitrogens with one attached hydrogen (secondary N) is 2. The van der Waals surface area contributed by atoms with E-state index >= 15 is 0 Å². The Morgan fingerprint density at radius 1 is 1.57 bits per heavy atom. The van der Waals surface area contributed by atoms with Crippen molar-refractivity contribution in [1.82, 2.24) is 20.5 Å². The number of hydrogen-bond acceptors (Lipinski definition) is 5. The zero-order valence-electron chi connectivity index (χ0n) is 12.9. The SMILES string of the molecule is CCNC(=O)NC1CN(CCc2scnc2C)C[C@@H]1OC. The highest BCUT2D eigenvalue weighted by Gasteiger charge is 2.33. The molecule has 0 bridgehead atoms. The van der Waals surface area contributed by atoms with E-state index in [0.717, 1.165) is 31.7 Å². The van der Waals surface area contributed by atoms with Crippen molar-refractivity contribution >= 4 is 17.4 Å². The maximum atomic E-state index is 11.7. The predicted octanol–water partition coefficient (Wildman–Crippen LogP) is 1.01. The van der Waals surface area contributed by atoms with E-state index in [0.29, 0.717) is 6.54 Å². The molecule has 1 aromatic heterocycles. The number of rotatable bonds is 6. The molecule has 2 heterocycles. The monoisotopic (exact) mass is 312 g/mol. The molecule has 0 spiro atoms. The number of methoxy groups -OCH3 is 1. The van der Waals surface area contributed by atoms with Gasteiger partial charge < -0.3 is 15.4 Å². The van der Waals surface area contributed by atoms with Crippen molar-refractivity contribution in [3.05, 3.63) is 16.1 Å². The molecule has 2 rings (SSSR count). The van der Waals surface area contributed by atoms with Gasteiger partial charge in [0, 0.05) is 38.2 Å². The van der Waals surface area contributed by atoms with Crippen LogP contribution in [0.25, 0.3) is 0 Å². The van der Waals surface area contributed by atoms with Crippen LogP contribution < -0.4 is 10.6 Å². The Balaban J connectivity index is 1.83. The second-order valence-electron chi connectivity index (χ2n) is 5.25. The molecule has 2 N–H and O–H groups in total. The van der Waals surface area contributed by atoms with Crippen LogP contribution in [0.3, 0.4) is 0 Å². The summed E-state index contributed by atoms with van der Waals surface area (Å²) in [6.45, 7) is 7.24. The minimum Gasteiger partial charge on any atom is -0.378 e. The molecule has 1 saturated heterocycles. The van der Waals surface area contributed by atoms with Gasteiger partial charge in [0.2, 0.25) is 0 Å². The van der Waals surface area contributed by atoms with Crippen LogP contribution in [0.15, 0.2) is 5.51 Å². The fourth-order valence-electron chi connectivity index (χ4n) is 2.62. The van der Waals surface area contributed by atoms with Crippen molar-refractivity contribution in [3.8, 4) is 0 Å². The van der Waals surface area contributed by atoms with Gasteiger partial charge in [-0.05, 0) is 20.3 Å². The van der Waals surface area contributed by atoms with Crippen molar-refractivity contribution in [2.75, 3.05) is 33.3 Å². The van der Waals surface area contributed by atoms with E-state index in [4.69, 9.17) is 4.74 Å². The zero-order valence-corrected chi connectivity index (χ0v) is 13.7. The van der Waals surface area contributed by atoms with Crippen LogP contribution in [0, 0.1) is 6.92 Å². The predicted molar refractivity (Wildman–Crippen MR) is 83.8 cm³/mol. The number of amides is 2. The molecule has 0 saturated carbocycles. The van der Waals surface area contributed by atoms with E-state index < -0.39 is 0 Å². The number of urea groups is 1. The van der Waals surface area contributed by atoms with Crippen LogP contribution in [-0.4, -0.2) is 61.3 Å². The Morgan fingerprint density at radius 3 is 3.00 bits per heavy atom. The number of carbonyl (C=O) groups excluding carboxylic acids is 1. The normalized spacial score (nSPS) is 22.4. The summed E-state index contributed by atoms with van der Waals surface area (Å²) < 4.78 is 5.50. The summed E-state index contributed by atoms with van der Waals surface area (Å²) >= 11 is 1.71. The molecule has 6 nitrogen and oxygen atoms in total. The molecule has 1 aromatic rings. The summed E-state index contributed by atoms with van der Waals surface area (Å²) in [5, 5.41) is 5.75. The molecule has 1 unspecified atom stereocenters. The van der Waals surface area contributed by atoms with Crippen LogP contribution in [-0.2, 0) is 11.2 Å². The summed E-state index contributed by atoms with van der Waals surface area (Å²) in [5.74, 6) is 0. The van der Waals surface area contributed by atoms with Crippen LogP contribution in [0.1, 0.15) is 17.5 Å². The Labute approximate surface area is 129 Å². The van der Waals surface area contributed by atoms with Gasteiger partial charge in [-0.25, -0.2) is 9.78 Å². The standard InChI is InChI=1S/C14H24N4O2S/c1-4-15-14(19)17-11-7-18(8-12(11)20-3)6-5-13-10(2)16-9-21-13/h9,11-12H,4-8H2,1-3H3,(H2,15,17,19)/t11?,12-/m0/s1. The van der Waals surface area contributed by atoms with Gasteiger partial charge in [-0.2, -0.15) is 0 Å². The highest BCUT2D eigenvalue weighted by atomic mass is 32.1. The first-order chi connectivity index (χ1) is 10.1. The Morgan fingerprint density at radius 2 is 2.38 bits per heavy atom. The molecule has 1 fully saturated rings. The largest absolute Gasteiger partial charge is 0.378 e. The van der Waals surface area contributed by atoms with E-state index in [9.17, 15) is 4.79 Å². The van der Waals surface area contributed by atoms with Crippen LogP contribution in [0.4, 0.5) is 4.79 Å². The smallest absolute Gasteiger partial charge is 0.315 e. The van der Waals surface area contributed by atoms with Crippen molar-refractivity contribution in [3.63, 3.8) is 0 Å². The Bertz CT molecular complexity index is 466. The molecular weight excluding hydrogens is 288 g/mol. The summed E-state index contributed by atoms with van der Waals surface area (Å²) in [6.07, 6.45) is 1.05. The zero-order chi connectivity index (χ0) is 15.2. The average Bonchev–Trinajstić information content (AvgIpc) is 3.03. The molecule has 1 aliphatic rings. The number of hydrogen-bond donors (Lipinski definition) is 2. The van der Waals surface area contributed by atoms with Crippen molar-refractivity contribution in [2.24, 2.45) is 0 Å². The lowest BCUT2D eigenvalue weighted by molar-refractivity contribution is 0.0917. The van der Waals surface area contributed by atoms with Gasteiger partial charge in [0.05, 0.1) is 23.4 Å². The molecule has 1 aliphatic heterocycles. The lowest BCUT2D eigenvalue weighted by atomic mass is 10.2. The maximum absolute atomic E-state index is 11.7. The topological polar surface area (TPSA) is 66.5 Å². The van der Waals surface area contributed by atoms with Gasteiger partial charge in [-0.15, -0.1) is 11.3 Å². The Kier molecular flexibility index (Phi) is 5.96. The highest BCUT2D eigenvalue weighted by molar-refractivity contribution is 7.09. The van der Waals surface area contributed by atoms with Gasteiger partial charge in [-0.1, -0.05) is 0 Å². The minimum absolute atomic E-state index is 0.0455. The molecule has 7 heteroatoms. The van der Waals surface area contributed by atoms with Gasteiger partial charge in [0.15, 0.2) is 0 Å². The second kappa shape index (κ2) is 7.72. The summed E-state index contributed by atoms with van der Waals surface area (Å²) in [4.78, 5) is 19.6. The lowest BCUT2D eigenvalue weighted by Crippen LogP contribution is -2.48. The Hall–Kier alpha value is -1.18. The first-order valence-electron chi connectivity index (χ1n) is 7.32. The fourth-order valence-corrected chi connectivity index (χ4v) is 3.39. The van der Waals surface area contributed by atoms with Gasteiger partial charge in [0.25, 0.3) is 0 Å². The lowest BCUT2D eigenvalue weighted by Gasteiger charge is -2.18. The van der Waals surface area contributed by atoms with Gasteiger partial charge in [-0.3, -0.25) is 4.90 Å². The molecular formula is C14H24N4O2S. The van der Waals surface area contributed by atoms with E-state index in [1.807, 2.05) is 19.4 Å². The van der Waals surface area contributed by atoms with Crippen LogP contribution in [0.5, 0.6) is 0 Å². The van der Waals surface area contributed by atoms with Gasteiger partial charge in [0.1, 0.15) is 0 Å². The fraction of sp³-hybridized carbons (Fsp3) is 0.714. The third-order valence-corrected chi connectivity index (χ3v) is 4.79. The van der Waals surface area contributed by atoms with Crippen molar-refractivity contribution in [1.29, 1.82) is 0 Å². The van der Waals surface area contributed by atoms with E-state index in [-0.39, 0.29) is 18.2 Å². The summed E-state index contributed by atoms with van der Waals surface area (Å²) in [6, 6.07) is -0.0752. The van der Waals surface area contributed by atoms with E-state index in [1.54, 1.807) is 18.4 Å². The quantitative estimate of drug-likeness (QED) is 0.823. The van der Waals surface area contributed by atoms with Crippen LogP contribution in [0.2, 0.25) is 0 Å². The molecule has 0 aromatic carbocycles. The maximum Gasteiger partial charge on any atom is 0.315 e. The molecule has 21 heavy (non-hydrogen) atoms. The molecule has 0 radical (unpaired) electrons. The number of ether oxygens (including phenoxy) is 1. The number of nitrogens with zero attached hydrogens (tertiary/aromatic N) is 2. The average molecular weight is 312 g/mol. The van der Waals surface area contributed by atoms with Gasteiger partial charge >= 0.3 is 6.03 Å². The molecule has 118 valence electrons. The van der Waals surface area contributed by atoms with E-state index in [2.05, 4.69) is 20.5 Å². The summed E-state index contributed by atoms with van der Waals surface area (Å²) in [5.41, 5.74) is 3.02. The minimum atomic E-state index is -0.121. The third-order valence-electron chi connectivity index (χ3n) is 3.80. The molecule has 2 amide bonds. The van der Waals surface area contributed by atoms with Crippen molar-refractivity contribution < 1.29 is 9.53 Å². The number of likely N-dealkylation sites (tertiary alicyclic amines) is 1. The third kappa shape index (κ3) is 4.39. The first kappa shape index (κ1) is 16.2. The number of aromatic nitrogens is 1.